The molecule has 5 rings (SSSR count). The van der Waals surface area contributed by atoms with Crippen molar-refractivity contribution in [1.82, 2.24) is 5.16 Å². The Balaban J connectivity index is 1.17. The highest BCUT2D eigenvalue weighted by Gasteiger charge is 2.60. The maximum Gasteiger partial charge on any atom is 0.510 e. The maximum atomic E-state index is 13.4. The van der Waals surface area contributed by atoms with Crippen molar-refractivity contribution in [2.45, 2.75) is 131 Å². The Morgan fingerprint density at radius 2 is 1.52 bits per heavy atom. The van der Waals surface area contributed by atoms with Gasteiger partial charge in [-0.15, -0.1) is 0 Å². The number of fused-ring (bicyclic) bond motifs is 5. The van der Waals surface area contributed by atoms with Gasteiger partial charge in [0, 0.05) is 12.0 Å². The largest absolute Gasteiger partial charge is 0.510 e. The second kappa shape index (κ2) is 15.4. The van der Waals surface area contributed by atoms with Crippen molar-refractivity contribution in [3.05, 3.63) is 17.5 Å². The van der Waals surface area contributed by atoms with Crippen LogP contribution < -0.4 is 0 Å². The summed E-state index contributed by atoms with van der Waals surface area (Å²) in [5.41, 5.74) is 1.63. The van der Waals surface area contributed by atoms with Crippen LogP contribution in [0.2, 0.25) is 0 Å². The minimum absolute atomic E-state index is 0.0358. The molecule has 0 amide bonds. The highest BCUT2D eigenvalue weighted by Crippen LogP contribution is 2.69. The molecule has 272 valence electrons. The summed E-state index contributed by atoms with van der Waals surface area (Å²) in [6.45, 7) is 12.7. The summed E-state index contributed by atoms with van der Waals surface area (Å²) in [6, 6.07) is 1.95. The Morgan fingerprint density at radius 1 is 0.896 bits per heavy atom. The van der Waals surface area contributed by atoms with E-state index in [0.29, 0.717) is 23.0 Å². The Kier molecular flexibility index (Phi) is 11.9. The van der Waals surface area contributed by atoms with Crippen LogP contribution in [0.5, 0.6) is 0 Å². The van der Waals surface area contributed by atoms with Gasteiger partial charge in [0.15, 0.2) is 5.76 Å². The van der Waals surface area contributed by atoms with Crippen LogP contribution in [0.25, 0.3) is 0 Å². The molecule has 0 spiro atoms. The summed E-state index contributed by atoms with van der Waals surface area (Å²) >= 11 is 0. The van der Waals surface area contributed by atoms with E-state index in [1.165, 1.54) is 51.4 Å². The molecule has 0 bridgehead atoms. The lowest BCUT2D eigenvalue weighted by Crippen LogP contribution is -2.53. The first kappa shape index (κ1) is 37.1. The molecule has 3 unspecified atom stereocenters. The number of hydrogen-bond acceptors (Lipinski definition) is 12. The first-order valence-electron chi connectivity index (χ1n) is 17.8. The van der Waals surface area contributed by atoms with Crippen molar-refractivity contribution in [2.75, 3.05) is 19.9 Å². The van der Waals surface area contributed by atoms with Gasteiger partial charge >= 0.3 is 19.9 Å². The van der Waals surface area contributed by atoms with Crippen LogP contribution in [0.3, 0.4) is 0 Å². The summed E-state index contributed by atoms with van der Waals surface area (Å²) in [7, 11) is -4.06. The van der Waals surface area contributed by atoms with Crippen LogP contribution >= 0.6 is 7.60 Å². The highest BCUT2D eigenvalue weighted by atomic mass is 31.2. The topological polar surface area (TPSA) is 142 Å². The lowest BCUT2D eigenvalue weighted by atomic mass is 9.44. The summed E-state index contributed by atoms with van der Waals surface area (Å²) in [5, 5.41) is 4.50. The second-order valence-electron chi connectivity index (χ2n) is 15.6. The first-order chi connectivity index (χ1) is 22.7. The number of hydrogen-bond donors (Lipinski definition) is 0. The molecule has 4 aliphatic rings. The van der Waals surface area contributed by atoms with Gasteiger partial charge in [0.1, 0.15) is 13.0 Å². The molecular weight excluding hydrogens is 641 g/mol. The molecule has 4 saturated carbocycles. The molecule has 0 saturated heterocycles. The fourth-order valence-corrected chi connectivity index (χ4v) is 10.6. The van der Waals surface area contributed by atoms with E-state index in [0.717, 1.165) is 35.8 Å². The van der Waals surface area contributed by atoms with Crippen LogP contribution in [0, 0.1) is 40.4 Å². The van der Waals surface area contributed by atoms with Gasteiger partial charge in [-0.2, -0.15) is 0 Å². The Bertz CT molecular complexity index is 1270. The molecular formula is C35H56NO11P. The molecule has 0 radical (unpaired) electrons. The van der Waals surface area contributed by atoms with E-state index in [-0.39, 0.29) is 12.0 Å². The zero-order valence-electron chi connectivity index (χ0n) is 29.8. The highest BCUT2D eigenvalue weighted by molar-refractivity contribution is 7.53. The van der Waals surface area contributed by atoms with Crippen molar-refractivity contribution >= 4 is 19.9 Å². The van der Waals surface area contributed by atoms with Gasteiger partial charge in [0.2, 0.25) is 13.6 Å². The molecule has 0 N–H and O–H groups in total. The predicted octanol–water partition coefficient (Wildman–Crippen LogP) is 9.18. The third-order valence-electron chi connectivity index (χ3n) is 11.9. The fourth-order valence-electron chi connectivity index (χ4n) is 9.65. The van der Waals surface area contributed by atoms with E-state index in [1.807, 2.05) is 6.07 Å². The van der Waals surface area contributed by atoms with Gasteiger partial charge < -0.3 is 28.2 Å². The van der Waals surface area contributed by atoms with E-state index in [4.69, 9.17) is 37.3 Å². The van der Waals surface area contributed by atoms with Gasteiger partial charge in [-0.25, -0.2) is 9.59 Å². The average Bonchev–Trinajstić information content (AvgIpc) is 3.60. The van der Waals surface area contributed by atoms with E-state index in [9.17, 15) is 14.2 Å². The zero-order chi connectivity index (χ0) is 34.7. The second-order valence-corrected chi connectivity index (χ2v) is 17.6. The smallest absolute Gasteiger partial charge is 0.432 e. The molecule has 12 nitrogen and oxygen atoms in total. The molecule has 13 heteroatoms. The molecule has 1 aromatic heterocycles. The van der Waals surface area contributed by atoms with Crippen molar-refractivity contribution < 1.29 is 51.4 Å². The van der Waals surface area contributed by atoms with Gasteiger partial charge in [0.05, 0.1) is 17.9 Å². The number of nitrogens with zero attached hydrogens (tertiary/aromatic N) is 1. The lowest BCUT2D eigenvalue weighted by Gasteiger charge is -2.61. The third-order valence-corrected chi connectivity index (χ3v) is 13.4. The van der Waals surface area contributed by atoms with Crippen LogP contribution in [0.15, 0.2) is 10.6 Å². The maximum absolute atomic E-state index is 13.4. The normalized spacial score (nSPS) is 33.1. The molecule has 8 atom stereocenters. The predicted molar refractivity (Wildman–Crippen MR) is 175 cm³/mol. The number of ether oxygens (including phenoxy) is 5. The zero-order valence-corrected chi connectivity index (χ0v) is 30.7. The number of carbonyl (C=O) groups is 2. The monoisotopic (exact) mass is 697 g/mol. The van der Waals surface area contributed by atoms with Gasteiger partial charge in [0.25, 0.3) is 0 Å². The summed E-state index contributed by atoms with van der Waals surface area (Å²) in [4.78, 5) is 23.5. The Morgan fingerprint density at radius 3 is 2.17 bits per heavy atom. The number of carbonyl (C=O) groups excluding carboxylic acids is 2. The van der Waals surface area contributed by atoms with Crippen LogP contribution in [0.1, 0.15) is 124 Å². The minimum Gasteiger partial charge on any atom is -0.432 e. The molecule has 0 aromatic carbocycles. The van der Waals surface area contributed by atoms with Crippen molar-refractivity contribution in [3.8, 4) is 0 Å². The van der Waals surface area contributed by atoms with E-state index < -0.39 is 52.0 Å². The number of aromatic nitrogens is 1. The van der Waals surface area contributed by atoms with Crippen LogP contribution in [-0.4, -0.2) is 49.6 Å². The molecule has 0 aliphatic heterocycles. The Hall–Kier alpha value is -2.14. The first-order valence-corrected chi connectivity index (χ1v) is 19.5. The van der Waals surface area contributed by atoms with Gasteiger partial charge in [-0.3, -0.25) is 13.6 Å². The standard InChI is InChI=1S/C35H56NO11P/c1-22(2)45-32(37)41-19-43-48(39,44-20-42-33(38)46-23(3)4)21-40-18-26-17-31(36-47-26)30-11-10-28-27-9-8-25-16-24(5)12-14-34(25,6)29(27)13-15-35(28,30)7/h17,22-25,27-30H,8-16,18-21H2,1-7H3/t24-,25?,27-,28?,29?,30+,34-,35-/m0/s1. The number of rotatable bonds is 13. The van der Waals surface area contributed by atoms with E-state index in [1.54, 1.807) is 27.7 Å². The van der Waals surface area contributed by atoms with E-state index in [2.05, 4.69) is 25.9 Å². The molecule has 1 heterocycles. The fraction of sp³-hybridized carbons (Fsp3) is 0.857. The molecule has 48 heavy (non-hydrogen) atoms. The average molecular weight is 698 g/mol. The third kappa shape index (κ3) is 8.41. The summed E-state index contributed by atoms with van der Waals surface area (Å²) in [5.74, 6) is 4.90. The van der Waals surface area contributed by atoms with Crippen molar-refractivity contribution in [3.63, 3.8) is 0 Å². The quantitative estimate of drug-likeness (QED) is 0.110. The molecule has 1 aromatic rings. The van der Waals surface area contributed by atoms with E-state index >= 15 is 0 Å². The SMILES string of the molecule is CC(C)OC(=O)OCOP(=O)(COCc1cc([C@H]2CCC3[C@@H]4CCC5C[C@@H](C)CC[C@]5(C)C4CC[C@@]32C)no1)OCOC(=O)OC(C)C. The molecule has 4 aliphatic carbocycles. The summed E-state index contributed by atoms with van der Waals surface area (Å²) < 4.78 is 54.7. The van der Waals surface area contributed by atoms with Gasteiger partial charge in [-0.1, -0.05) is 32.3 Å². The van der Waals surface area contributed by atoms with Gasteiger partial charge in [-0.05, 0) is 119 Å². The minimum atomic E-state index is -4.06. The lowest BCUT2D eigenvalue weighted by molar-refractivity contribution is -0.112. The van der Waals surface area contributed by atoms with Crippen LogP contribution in [-0.2, 0) is 43.9 Å². The summed E-state index contributed by atoms with van der Waals surface area (Å²) in [6.07, 6.45) is 8.43. The molecule has 4 fully saturated rings. The van der Waals surface area contributed by atoms with Crippen molar-refractivity contribution in [1.29, 1.82) is 0 Å². The van der Waals surface area contributed by atoms with Crippen molar-refractivity contribution in [2.24, 2.45) is 40.4 Å². The Labute approximate surface area is 285 Å². The van der Waals surface area contributed by atoms with Crippen LogP contribution in [0.4, 0.5) is 9.59 Å².